The van der Waals surface area contributed by atoms with E-state index in [0.717, 1.165) is 5.56 Å². The molecule has 4 nitrogen and oxygen atoms in total. The Balaban J connectivity index is 1.93. The van der Waals surface area contributed by atoms with Crippen molar-refractivity contribution in [3.8, 4) is 0 Å². The third-order valence-electron chi connectivity index (χ3n) is 3.78. The summed E-state index contributed by atoms with van der Waals surface area (Å²) in [5, 5.41) is 3.29. The van der Waals surface area contributed by atoms with Crippen molar-refractivity contribution in [2.45, 2.75) is 24.4 Å². The number of nitrogens with zero attached hydrogens (tertiary/aromatic N) is 1. The molecule has 2 amide bonds. The standard InChI is InChI=1S/C19H21ClN2O2S/c1-13(21-18(23)15-6-8-16(20)9-7-15)19(24)22(2)12-14-4-10-17(25-3)11-5-14/h4-11,13H,12H2,1-3H3,(H,21,23). The first-order chi connectivity index (χ1) is 11.9. The normalized spacial score (nSPS) is 11.7. The van der Waals surface area contributed by atoms with Crippen LogP contribution in [0, 0.1) is 0 Å². The first-order valence-electron chi connectivity index (χ1n) is 7.85. The lowest BCUT2D eigenvalue weighted by atomic mass is 10.2. The van der Waals surface area contributed by atoms with E-state index in [-0.39, 0.29) is 11.8 Å². The van der Waals surface area contributed by atoms with E-state index in [4.69, 9.17) is 11.6 Å². The van der Waals surface area contributed by atoms with Crippen LogP contribution in [-0.2, 0) is 11.3 Å². The number of likely N-dealkylation sites (N-methyl/N-ethyl adjacent to an activating group) is 1. The number of carbonyl (C=O) groups excluding carboxylic acids is 2. The van der Waals surface area contributed by atoms with Crippen molar-refractivity contribution in [2.75, 3.05) is 13.3 Å². The first-order valence-corrected chi connectivity index (χ1v) is 9.45. The van der Waals surface area contributed by atoms with Crippen LogP contribution in [0.2, 0.25) is 5.02 Å². The van der Waals surface area contributed by atoms with E-state index in [1.165, 1.54) is 4.90 Å². The SMILES string of the molecule is CSc1ccc(CN(C)C(=O)C(C)NC(=O)c2ccc(Cl)cc2)cc1. The van der Waals surface area contributed by atoms with Crippen molar-refractivity contribution >= 4 is 35.2 Å². The zero-order chi connectivity index (χ0) is 18.4. The van der Waals surface area contributed by atoms with Crippen LogP contribution >= 0.6 is 23.4 Å². The van der Waals surface area contributed by atoms with E-state index in [1.54, 1.807) is 54.9 Å². The number of amides is 2. The Morgan fingerprint density at radius 3 is 2.28 bits per heavy atom. The lowest BCUT2D eigenvalue weighted by Gasteiger charge is -2.22. The topological polar surface area (TPSA) is 49.4 Å². The van der Waals surface area contributed by atoms with Gasteiger partial charge in [-0.05, 0) is 55.1 Å². The highest BCUT2D eigenvalue weighted by Gasteiger charge is 2.20. The Labute approximate surface area is 157 Å². The van der Waals surface area contributed by atoms with Crippen LogP contribution in [0.1, 0.15) is 22.8 Å². The molecule has 132 valence electrons. The number of hydrogen-bond donors (Lipinski definition) is 1. The lowest BCUT2D eigenvalue weighted by Crippen LogP contribution is -2.45. The summed E-state index contributed by atoms with van der Waals surface area (Å²) in [7, 11) is 1.73. The first kappa shape index (κ1) is 19.3. The third-order valence-corrected chi connectivity index (χ3v) is 4.78. The molecule has 0 heterocycles. The Morgan fingerprint density at radius 1 is 1.12 bits per heavy atom. The van der Waals surface area contributed by atoms with Gasteiger partial charge in [0, 0.05) is 29.1 Å². The maximum atomic E-state index is 12.5. The molecule has 2 aromatic rings. The largest absolute Gasteiger partial charge is 0.341 e. The molecule has 6 heteroatoms. The van der Waals surface area contributed by atoms with Crippen molar-refractivity contribution in [3.63, 3.8) is 0 Å². The monoisotopic (exact) mass is 376 g/mol. The number of halogens is 1. The highest BCUT2D eigenvalue weighted by molar-refractivity contribution is 7.98. The molecule has 0 bridgehead atoms. The Kier molecular flexibility index (Phi) is 6.91. The van der Waals surface area contributed by atoms with E-state index in [0.29, 0.717) is 17.1 Å². The van der Waals surface area contributed by atoms with Crippen molar-refractivity contribution in [1.82, 2.24) is 10.2 Å². The summed E-state index contributed by atoms with van der Waals surface area (Å²) in [5.74, 6) is -0.438. The second-order valence-electron chi connectivity index (χ2n) is 5.74. The van der Waals surface area contributed by atoms with Crippen molar-refractivity contribution in [2.24, 2.45) is 0 Å². The molecule has 0 aromatic heterocycles. The van der Waals surface area contributed by atoms with Gasteiger partial charge in [-0.15, -0.1) is 11.8 Å². The number of benzene rings is 2. The van der Waals surface area contributed by atoms with Gasteiger partial charge in [0.15, 0.2) is 0 Å². The summed E-state index contributed by atoms with van der Waals surface area (Å²) in [6.45, 7) is 2.18. The second-order valence-corrected chi connectivity index (χ2v) is 7.06. The summed E-state index contributed by atoms with van der Waals surface area (Å²) in [6.07, 6.45) is 2.02. The van der Waals surface area contributed by atoms with Gasteiger partial charge in [0.25, 0.3) is 5.91 Å². The van der Waals surface area contributed by atoms with E-state index in [2.05, 4.69) is 5.32 Å². The molecule has 1 unspecified atom stereocenters. The molecule has 0 saturated carbocycles. The zero-order valence-corrected chi connectivity index (χ0v) is 16.0. The van der Waals surface area contributed by atoms with Crippen LogP contribution in [0.5, 0.6) is 0 Å². The Morgan fingerprint density at radius 2 is 1.72 bits per heavy atom. The van der Waals surface area contributed by atoms with Crippen LogP contribution < -0.4 is 5.32 Å². The molecule has 25 heavy (non-hydrogen) atoms. The molecule has 1 atom stereocenters. The predicted octanol–water partition coefficient (Wildman–Crippen LogP) is 3.84. The number of rotatable bonds is 6. The minimum atomic E-state index is -0.612. The fourth-order valence-electron chi connectivity index (χ4n) is 2.36. The van der Waals surface area contributed by atoms with Crippen LogP contribution in [0.3, 0.4) is 0 Å². The van der Waals surface area contributed by atoms with Crippen LogP contribution in [0.4, 0.5) is 0 Å². The molecule has 0 aliphatic heterocycles. The molecular formula is C19H21ClN2O2S. The molecule has 0 saturated heterocycles. The van der Waals surface area contributed by atoms with Crippen LogP contribution in [0.25, 0.3) is 0 Å². The van der Waals surface area contributed by atoms with E-state index in [1.807, 2.05) is 30.5 Å². The molecule has 2 rings (SSSR count). The van der Waals surface area contributed by atoms with Gasteiger partial charge < -0.3 is 10.2 Å². The Hall–Kier alpha value is -1.98. The van der Waals surface area contributed by atoms with Gasteiger partial charge in [0.05, 0.1) is 0 Å². The summed E-state index contributed by atoms with van der Waals surface area (Å²) >= 11 is 7.49. The number of carbonyl (C=O) groups is 2. The number of hydrogen-bond acceptors (Lipinski definition) is 3. The highest BCUT2D eigenvalue weighted by Crippen LogP contribution is 2.16. The van der Waals surface area contributed by atoms with Gasteiger partial charge >= 0.3 is 0 Å². The molecule has 1 N–H and O–H groups in total. The zero-order valence-electron chi connectivity index (χ0n) is 14.5. The van der Waals surface area contributed by atoms with Crippen molar-refractivity contribution < 1.29 is 9.59 Å². The molecule has 0 fully saturated rings. The van der Waals surface area contributed by atoms with Crippen LogP contribution in [-0.4, -0.2) is 36.1 Å². The minimum absolute atomic E-state index is 0.142. The number of thioether (sulfide) groups is 1. The smallest absolute Gasteiger partial charge is 0.251 e. The average Bonchev–Trinajstić information content (AvgIpc) is 2.62. The maximum Gasteiger partial charge on any atom is 0.251 e. The lowest BCUT2D eigenvalue weighted by molar-refractivity contribution is -0.132. The van der Waals surface area contributed by atoms with E-state index in [9.17, 15) is 9.59 Å². The van der Waals surface area contributed by atoms with Gasteiger partial charge in [-0.2, -0.15) is 0 Å². The van der Waals surface area contributed by atoms with Gasteiger partial charge in [-0.3, -0.25) is 9.59 Å². The quantitative estimate of drug-likeness (QED) is 0.779. The fraction of sp³-hybridized carbons (Fsp3) is 0.263. The van der Waals surface area contributed by atoms with Gasteiger partial charge in [0.1, 0.15) is 6.04 Å². The predicted molar refractivity (Wildman–Crippen MR) is 103 cm³/mol. The van der Waals surface area contributed by atoms with Gasteiger partial charge in [0.2, 0.25) is 5.91 Å². The molecule has 0 aliphatic rings. The summed E-state index contributed by atoms with van der Waals surface area (Å²) < 4.78 is 0. The van der Waals surface area contributed by atoms with Crippen LogP contribution in [0.15, 0.2) is 53.4 Å². The van der Waals surface area contributed by atoms with Crippen molar-refractivity contribution in [3.05, 3.63) is 64.7 Å². The van der Waals surface area contributed by atoms with Gasteiger partial charge in [-0.25, -0.2) is 0 Å². The fourth-order valence-corrected chi connectivity index (χ4v) is 2.89. The van der Waals surface area contributed by atoms with Crippen molar-refractivity contribution in [1.29, 1.82) is 0 Å². The average molecular weight is 377 g/mol. The summed E-state index contributed by atoms with van der Waals surface area (Å²) in [5.41, 5.74) is 1.52. The Bertz CT molecular complexity index is 732. The highest BCUT2D eigenvalue weighted by atomic mass is 35.5. The van der Waals surface area contributed by atoms with E-state index >= 15 is 0 Å². The van der Waals surface area contributed by atoms with Gasteiger partial charge in [-0.1, -0.05) is 23.7 Å². The molecule has 0 radical (unpaired) electrons. The minimum Gasteiger partial charge on any atom is -0.341 e. The molecule has 0 spiro atoms. The molecular weight excluding hydrogens is 356 g/mol. The molecule has 0 aliphatic carbocycles. The molecule has 2 aromatic carbocycles. The van der Waals surface area contributed by atoms with E-state index < -0.39 is 6.04 Å². The summed E-state index contributed by atoms with van der Waals surface area (Å²) in [6, 6.07) is 14.0. The second kappa shape index (κ2) is 8.92. The maximum absolute atomic E-state index is 12.5. The number of nitrogens with one attached hydrogen (secondary N) is 1. The summed E-state index contributed by atoms with van der Waals surface area (Å²) in [4.78, 5) is 27.5. The third kappa shape index (κ3) is 5.51.